The Morgan fingerprint density at radius 1 is 0.800 bits per heavy atom. The fourth-order valence-electron chi connectivity index (χ4n) is 4.21. The second-order valence-electron chi connectivity index (χ2n) is 8.09. The Morgan fingerprint density at radius 3 is 1.34 bits per heavy atom. The molecule has 11 heteroatoms. The molecular weight excluding hydrogens is 494 g/mol. The number of alkyl halides is 10. The SMILES string of the molecule is C#CC(C)C1=C(C(F)(F)F)C=CC(F)(OC2(F)C=CC(C(F)(F)F)=C(C(C)C#C)C2CF)C1CF. The van der Waals surface area contributed by atoms with Gasteiger partial charge in [0.15, 0.2) is 0 Å². The Balaban J connectivity index is 2.66. The summed E-state index contributed by atoms with van der Waals surface area (Å²) in [6.45, 7) is -1.60. The fourth-order valence-corrected chi connectivity index (χ4v) is 4.21. The third-order valence-corrected chi connectivity index (χ3v) is 5.94. The molecule has 2 aliphatic carbocycles. The average molecular weight is 514 g/mol. The molecule has 2 aliphatic rings. The monoisotopic (exact) mass is 514 g/mol. The van der Waals surface area contributed by atoms with Crippen molar-refractivity contribution in [3.05, 3.63) is 46.6 Å². The maximum Gasteiger partial charge on any atom is 0.416 e. The molecule has 0 aliphatic heterocycles. The number of ether oxygens (including phenoxy) is 1. The van der Waals surface area contributed by atoms with Crippen molar-refractivity contribution in [1.29, 1.82) is 0 Å². The van der Waals surface area contributed by atoms with Crippen molar-refractivity contribution in [2.75, 3.05) is 13.3 Å². The molecule has 0 aromatic heterocycles. The third-order valence-electron chi connectivity index (χ3n) is 5.94. The van der Waals surface area contributed by atoms with E-state index >= 15 is 8.78 Å². The Morgan fingerprint density at radius 2 is 1.11 bits per heavy atom. The van der Waals surface area contributed by atoms with Gasteiger partial charge in [-0.25, -0.2) is 8.78 Å². The van der Waals surface area contributed by atoms with E-state index in [-0.39, 0.29) is 24.3 Å². The zero-order valence-corrected chi connectivity index (χ0v) is 18.4. The molecule has 192 valence electrons. The maximum absolute atomic E-state index is 15.9. The van der Waals surface area contributed by atoms with Gasteiger partial charge in [-0.2, -0.15) is 26.3 Å². The quantitative estimate of drug-likeness (QED) is 0.277. The third kappa shape index (κ3) is 5.30. The molecule has 0 amide bonds. The van der Waals surface area contributed by atoms with Crippen LogP contribution in [0.5, 0.6) is 0 Å². The van der Waals surface area contributed by atoms with Crippen LogP contribution in [0.3, 0.4) is 0 Å². The lowest BCUT2D eigenvalue weighted by molar-refractivity contribution is -0.267. The second-order valence-corrected chi connectivity index (χ2v) is 8.09. The topological polar surface area (TPSA) is 9.23 Å². The average Bonchev–Trinajstić information content (AvgIpc) is 2.75. The van der Waals surface area contributed by atoms with Crippen molar-refractivity contribution < 1.29 is 48.6 Å². The fraction of sp³-hybridized carbons (Fsp3) is 0.500. The van der Waals surface area contributed by atoms with E-state index in [4.69, 9.17) is 17.6 Å². The molecule has 0 heterocycles. The first-order valence-corrected chi connectivity index (χ1v) is 10.1. The van der Waals surface area contributed by atoms with Crippen LogP contribution in [0.2, 0.25) is 0 Å². The molecule has 0 bridgehead atoms. The molecule has 0 aromatic carbocycles. The van der Waals surface area contributed by atoms with Crippen molar-refractivity contribution >= 4 is 0 Å². The Hall–Kier alpha value is -2.66. The Bertz CT molecular complexity index is 950. The van der Waals surface area contributed by atoms with E-state index in [0.29, 0.717) is 0 Å². The zero-order chi connectivity index (χ0) is 27.0. The van der Waals surface area contributed by atoms with Gasteiger partial charge in [-0.05, 0) is 49.3 Å². The van der Waals surface area contributed by atoms with Gasteiger partial charge in [0.1, 0.15) is 13.3 Å². The molecule has 2 rings (SSSR count). The van der Waals surface area contributed by atoms with E-state index in [2.05, 4.69) is 0 Å². The van der Waals surface area contributed by atoms with Crippen LogP contribution in [0.15, 0.2) is 46.6 Å². The van der Waals surface area contributed by atoms with Gasteiger partial charge in [0.25, 0.3) is 0 Å². The van der Waals surface area contributed by atoms with Crippen molar-refractivity contribution in [3.63, 3.8) is 0 Å². The summed E-state index contributed by atoms with van der Waals surface area (Å²) in [6, 6.07) is 0. The summed E-state index contributed by atoms with van der Waals surface area (Å²) >= 11 is 0. The summed E-state index contributed by atoms with van der Waals surface area (Å²) in [5, 5.41) is 0. The molecule has 0 saturated carbocycles. The smallest absolute Gasteiger partial charge is 0.300 e. The Labute approximate surface area is 195 Å². The minimum Gasteiger partial charge on any atom is -0.300 e. The summed E-state index contributed by atoms with van der Waals surface area (Å²) in [5.74, 6) is -11.3. The van der Waals surface area contributed by atoms with Crippen LogP contribution >= 0.6 is 0 Å². The highest BCUT2D eigenvalue weighted by atomic mass is 19.4. The highest BCUT2D eigenvalue weighted by molar-refractivity contribution is 5.44. The van der Waals surface area contributed by atoms with Gasteiger partial charge in [-0.15, -0.1) is 12.8 Å². The molecule has 35 heavy (non-hydrogen) atoms. The summed E-state index contributed by atoms with van der Waals surface area (Å²) in [7, 11) is 0. The molecule has 0 radical (unpaired) electrons. The van der Waals surface area contributed by atoms with Gasteiger partial charge in [0, 0.05) is 11.8 Å². The molecule has 0 fully saturated rings. The molecule has 1 nitrogen and oxygen atoms in total. The van der Waals surface area contributed by atoms with Crippen LogP contribution in [0, 0.1) is 48.4 Å². The molecule has 6 unspecified atom stereocenters. The molecule has 0 spiro atoms. The van der Waals surface area contributed by atoms with E-state index in [1.807, 2.05) is 11.8 Å². The van der Waals surface area contributed by atoms with Gasteiger partial charge in [-0.3, -0.25) is 8.78 Å². The predicted octanol–water partition coefficient (Wildman–Crippen LogP) is 6.90. The lowest BCUT2D eigenvalue weighted by Gasteiger charge is -2.44. The number of allylic oxidation sites excluding steroid dienone is 4. The summed E-state index contributed by atoms with van der Waals surface area (Å²) in [6.07, 6.45) is 0.674. The van der Waals surface area contributed by atoms with Gasteiger partial charge >= 0.3 is 12.4 Å². The lowest BCUT2D eigenvalue weighted by atomic mass is 9.76. The largest absolute Gasteiger partial charge is 0.416 e. The van der Waals surface area contributed by atoms with E-state index in [9.17, 15) is 35.1 Å². The minimum absolute atomic E-state index is 0.0878. The van der Waals surface area contributed by atoms with Crippen molar-refractivity contribution in [2.24, 2.45) is 23.7 Å². The number of hydrogen-bond donors (Lipinski definition) is 0. The molecule has 0 N–H and O–H groups in total. The van der Waals surface area contributed by atoms with E-state index in [1.54, 1.807) is 0 Å². The summed E-state index contributed by atoms with van der Waals surface area (Å²) in [4.78, 5) is 0. The number of terminal acetylenes is 2. The van der Waals surface area contributed by atoms with Crippen molar-refractivity contribution in [3.8, 4) is 24.7 Å². The summed E-state index contributed by atoms with van der Waals surface area (Å²) in [5.41, 5.74) is -4.87. The highest BCUT2D eigenvalue weighted by Gasteiger charge is 2.57. The van der Waals surface area contributed by atoms with E-state index in [1.165, 1.54) is 0 Å². The van der Waals surface area contributed by atoms with Crippen LogP contribution in [0.1, 0.15) is 13.8 Å². The van der Waals surface area contributed by atoms with Crippen LogP contribution in [-0.4, -0.2) is 37.4 Å². The van der Waals surface area contributed by atoms with Crippen molar-refractivity contribution in [2.45, 2.75) is 37.9 Å². The predicted molar refractivity (Wildman–Crippen MR) is 108 cm³/mol. The first kappa shape index (κ1) is 28.6. The normalized spacial score (nSPS) is 31.3. The minimum atomic E-state index is -5.09. The van der Waals surface area contributed by atoms with Crippen LogP contribution in [-0.2, 0) is 4.74 Å². The lowest BCUT2D eigenvalue weighted by Crippen LogP contribution is -2.51. The second kappa shape index (κ2) is 9.77. The molecular formula is C24H20F10O. The first-order chi connectivity index (χ1) is 16.0. The summed E-state index contributed by atoms with van der Waals surface area (Å²) < 4.78 is 146. The van der Waals surface area contributed by atoms with Crippen molar-refractivity contribution in [1.82, 2.24) is 0 Å². The van der Waals surface area contributed by atoms with Gasteiger partial charge in [-0.1, -0.05) is 11.8 Å². The van der Waals surface area contributed by atoms with Gasteiger partial charge in [0.2, 0.25) is 11.7 Å². The molecule has 0 saturated heterocycles. The number of halogens is 10. The maximum atomic E-state index is 15.9. The zero-order valence-electron chi connectivity index (χ0n) is 18.4. The number of hydrogen-bond acceptors (Lipinski definition) is 1. The standard InChI is InChI=1S/C24H20F10O/c1-5-13(3)19-15(23(29,30)31)7-9-21(27,17(19)11-25)35-22(28)10-8-16(24(32,33)34)20(14(4)6-2)18(22)12-26/h1-2,7-10,13-14,17-18H,11-12H2,3-4H3. The Kier molecular flexibility index (Phi) is 7.98. The van der Waals surface area contributed by atoms with Gasteiger partial charge in [0.05, 0.1) is 23.0 Å². The van der Waals surface area contributed by atoms with Crippen LogP contribution in [0.4, 0.5) is 43.9 Å². The highest BCUT2D eigenvalue weighted by Crippen LogP contribution is 2.51. The molecule has 6 atom stereocenters. The van der Waals surface area contributed by atoms with Gasteiger partial charge < -0.3 is 4.74 Å². The van der Waals surface area contributed by atoms with Crippen LogP contribution in [0.25, 0.3) is 0 Å². The molecule has 0 aromatic rings. The first-order valence-electron chi connectivity index (χ1n) is 10.1. The number of rotatable bonds is 6. The van der Waals surface area contributed by atoms with Crippen LogP contribution < -0.4 is 0 Å². The van der Waals surface area contributed by atoms with E-state index < -0.39 is 83.4 Å². The van der Waals surface area contributed by atoms with E-state index in [0.717, 1.165) is 13.8 Å².